The molecule has 0 saturated carbocycles. The second-order valence-corrected chi connectivity index (χ2v) is 4.41. The van der Waals surface area contributed by atoms with E-state index in [1.54, 1.807) is 11.8 Å². The summed E-state index contributed by atoms with van der Waals surface area (Å²) < 4.78 is 5.50. The molecular formula is C12H22N2O4. The second-order valence-electron chi connectivity index (χ2n) is 4.41. The van der Waals surface area contributed by atoms with Gasteiger partial charge in [0, 0.05) is 19.7 Å². The van der Waals surface area contributed by atoms with Crippen LogP contribution in [0.1, 0.15) is 33.1 Å². The van der Waals surface area contributed by atoms with Crippen LogP contribution in [0.25, 0.3) is 0 Å². The van der Waals surface area contributed by atoms with Crippen LogP contribution in [-0.4, -0.2) is 53.8 Å². The summed E-state index contributed by atoms with van der Waals surface area (Å²) in [5.41, 5.74) is 0. The van der Waals surface area contributed by atoms with Crippen molar-refractivity contribution in [3.8, 4) is 0 Å². The van der Waals surface area contributed by atoms with Crippen LogP contribution in [0.4, 0.5) is 4.79 Å². The SMILES string of the molecule is CCOC1CCCN(C(=O)N[C@H](CC)C(=O)O)C1. The Morgan fingerprint density at radius 2 is 2.22 bits per heavy atom. The topological polar surface area (TPSA) is 78.9 Å². The van der Waals surface area contributed by atoms with Gasteiger partial charge in [0.25, 0.3) is 0 Å². The molecule has 2 N–H and O–H groups in total. The highest BCUT2D eigenvalue weighted by molar-refractivity contribution is 5.82. The lowest BCUT2D eigenvalue weighted by molar-refractivity contribution is -0.139. The number of nitrogens with zero attached hydrogens (tertiary/aromatic N) is 1. The Balaban J connectivity index is 2.47. The molecule has 1 saturated heterocycles. The fourth-order valence-electron chi connectivity index (χ4n) is 2.07. The van der Waals surface area contributed by atoms with E-state index in [4.69, 9.17) is 9.84 Å². The van der Waals surface area contributed by atoms with Crippen molar-refractivity contribution in [2.24, 2.45) is 0 Å². The van der Waals surface area contributed by atoms with Gasteiger partial charge in [-0.2, -0.15) is 0 Å². The average Bonchev–Trinajstić information content (AvgIpc) is 2.36. The molecule has 0 aromatic rings. The summed E-state index contributed by atoms with van der Waals surface area (Å²) in [5, 5.41) is 11.4. The first-order valence-corrected chi connectivity index (χ1v) is 6.48. The van der Waals surface area contributed by atoms with E-state index in [0.29, 0.717) is 26.1 Å². The van der Waals surface area contributed by atoms with Crippen molar-refractivity contribution in [3.05, 3.63) is 0 Å². The van der Waals surface area contributed by atoms with Gasteiger partial charge in [-0.25, -0.2) is 9.59 Å². The van der Waals surface area contributed by atoms with Crippen molar-refractivity contribution in [1.29, 1.82) is 0 Å². The van der Waals surface area contributed by atoms with Gasteiger partial charge in [-0.05, 0) is 26.2 Å². The number of ether oxygens (including phenoxy) is 1. The molecule has 0 spiro atoms. The maximum absolute atomic E-state index is 11.9. The number of carbonyl (C=O) groups is 2. The van der Waals surface area contributed by atoms with Crippen molar-refractivity contribution >= 4 is 12.0 Å². The number of hydrogen-bond donors (Lipinski definition) is 2. The number of hydrogen-bond acceptors (Lipinski definition) is 3. The first kappa shape index (κ1) is 14.8. The molecule has 6 heteroatoms. The zero-order chi connectivity index (χ0) is 13.5. The molecule has 18 heavy (non-hydrogen) atoms. The van der Waals surface area contributed by atoms with Gasteiger partial charge in [0.15, 0.2) is 0 Å². The Hall–Kier alpha value is -1.30. The molecule has 0 bridgehead atoms. The van der Waals surface area contributed by atoms with Gasteiger partial charge in [-0.3, -0.25) is 0 Å². The number of aliphatic carboxylic acids is 1. The maximum Gasteiger partial charge on any atom is 0.326 e. The van der Waals surface area contributed by atoms with Gasteiger partial charge in [0.05, 0.1) is 6.10 Å². The van der Waals surface area contributed by atoms with Crippen LogP contribution in [-0.2, 0) is 9.53 Å². The molecular weight excluding hydrogens is 236 g/mol. The lowest BCUT2D eigenvalue weighted by atomic mass is 10.1. The van der Waals surface area contributed by atoms with E-state index in [9.17, 15) is 9.59 Å². The third kappa shape index (κ3) is 4.18. The van der Waals surface area contributed by atoms with E-state index in [0.717, 1.165) is 12.8 Å². The minimum atomic E-state index is -0.996. The van der Waals surface area contributed by atoms with Gasteiger partial charge in [-0.15, -0.1) is 0 Å². The molecule has 6 nitrogen and oxygen atoms in total. The summed E-state index contributed by atoms with van der Waals surface area (Å²) in [4.78, 5) is 24.4. The number of carbonyl (C=O) groups excluding carboxylic acids is 1. The van der Waals surface area contributed by atoms with Crippen LogP contribution in [0.3, 0.4) is 0 Å². The summed E-state index contributed by atoms with van der Waals surface area (Å²) in [7, 11) is 0. The molecule has 1 rings (SSSR count). The van der Waals surface area contributed by atoms with Gasteiger partial charge >= 0.3 is 12.0 Å². The van der Waals surface area contributed by atoms with Crippen molar-refractivity contribution in [2.45, 2.75) is 45.3 Å². The first-order chi connectivity index (χ1) is 8.58. The van der Waals surface area contributed by atoms with Crippen LogP contribution < -0.4 is 5.32 Å². The normalized spacial score (nSPS) is 21.4. The van der Waals surface area contributed by atoms with Gasteiger partial charge < -0.3 is 20.1 Å². The second kappa shape index (κ2) is 7.20. The van der Waals surface area contributed by atoms with Crippen molar-refractivity contribution in [3.63, 3.8) is 0 Å². The van der Waals surface area contributed by atoms with Crippen LogP contribution >= 0.6 is 0 Å². The lowest BCUT2D eigenvalue weighted by Crippen LogP contribution is -2.51. The Bertz CT molecular complexity index is 294. The van der Waals surface area contributed by atoms with E-state index in [2.05, 4.69) is 5.32 Å². The lowest BCUT2D eigenvalue weighted by Gasteiger charge is -2.33. The summed E-state index contributed by atoms with van der Waals surface area (Å²) >= 11 is 0. The monoisotopic (exact) mass is 258 g/mol. The highest BCUT2D eigenvalue weighted by atomic mass is 16.5. The minimum Gasteiger partial charge on any atom is -0.480 e. The quantitative estimate of drug-likeness (QED) is 0.773. The molecule has 1 aliphatic heterocycles. The van der Waals surface area contributed by atoms with Crippen LogP contribution in [0.15, 0.2) is 0 Å². The van der Waals surface area contributed by atoms with Gasteiger partial charge in [-0.1, -0.05) is 6.92 Å². The first-order valence-electron chi connectivity index (χ1n) is 6.48. The van der Waals surface area contributed by atoms with Crippen LogP contribution in [0, 0.1) is 0 Å². The van der Waals surface area contributed by atoms with E-state index in [-0.39, 0.29) is 12.1 Å². The predicted octanol–water partition coefficient (Wildman–Crippen LogP) is 1.06. The summed E-state index contributed by atoms with van der Waals surface area (Å²) in [6.45, 7) is 5.49. The average molecular weight is 258 g/mol. The van der Waals surface area contributed by atoms with Crippen molar-refractivity contribution in [2.75, 3.05) is 19.7 Å². The highest BCUT2D eigenvalue weighted by Gasteiger charge is 2.26. The van der Waals surface area contributed by atoms with Crippen LogP contribution in [0.5, 0.6) is 0 Å². The Labute approximate surface area is 107 Å². The minimum absolute atomic E-state index is 0.0689. The smallest absolute Gasteiger partial charge is 0.326 e. The molecule has 0 aromatic carbocycles. The molecule has 0 radical (unpaired) electrons. The summed E-state index contributed by atoms with van der Waals surface area (Å²) in [5.74, 6) is -0.996. The Morgan fingerprint density at radius 1 is 1.50 bits per heavy atom. The molecule has 1 aliphatic rings. The molecule has 2 atom stereocenters. The molecule has 1 fully saturated rings. The third-order valence-corrected chi connectivity index (χ3v) is 3.07. The van der Waals surface area contributed by atoms with Crippen molar-refractivity contribution < 1.29 is 19.4 Å². The molecule has 0 aromatic heterocycles. The molecule has 104 valence electrons. The fraction of sp³-hybridized carbons (Fsp3) is 0.833. The number of carboxylic acids is 1. The van der Waals surface area contributed by atoms with E-state index in [1.165, 1.54) is 0 Å². The molecule has 2 amide bonds. The van der Waals surface area contributed by atoms with Gasteiger partial charge in [0.2, 0.25) is 0 Å². The van der Waals surface area contributed by atoms with Crippen LogP contribution in [0.2, 0.25) is 0 Å². The molecule has 1 unspecified atom stereocenters. The summed E-state index contributed by atoms with van der Waals surface area (Å²) in [6, 6.07) is -1.13. The van der Waals surface area contributed by atoms with E-state index in [1.807, 2.05) is 6.92 Å². The molecule has 1 heterocycles. The number of amides is 2. The summed E-state index contributed by atoms with van der Waals surface area (Å²) in [6.07, 6.45) is 2.29. The number of nitrogens with one attached hydrogen (secondary N) is 1. The fourth-order valence-corrected chi connectivity index (χ4v) is 2.07. The Morgan fingerprint density at radius 3 is 2.78 bits per heavy atom. The number of piperidine rings is 1. The van der Waals surface area contributed by atoms with E-state index >= 15 is 0 Å². The largest absolute Gasteiger partial charge is 0.480 e. The van der Waals surface area contributed by atoms with Gasteiger partial charge in [0.1, 0.15) is 6.04 Å². The number of likely N-dealkylation sites (tertiary alicyclic amines) is 1. The molecule has 0 aliphatic carbocycles. The number of rotatable bonds is 5. The number of carboxylic acid groups (broad SMARTS) is 1. The standard InChI is InChI=1S/C12H22N2O4/c1-3-10(11(15)16)13-12(17)14-7-5-6-9(8-14)18-4-2/h9-10H,3-8H2,1-2H3,(H,13,17)(H,15,16)/t9?,10-/m1/s1. The number of urea groups is 1. The van der Waals surface area contributed by atoms with E-state index < -0.39 is 12.0 Å². The predicted molar refractivity (Wildman–Crippen MR) is 66.5 cm³/mol. The van der Waals surface area contributed by atoms with Crippen molar-refractivity contribution in [1.82, 2.24) is 10.2 Å². The third-order valence-electron chi connectivity index (χ3n) is 3.07. The maximum atomic E-state index is 11.9. The highest BCUT2D eigenvalue weighted by Crippen LogP contribution is 2.13. The zero-order valence-corrected chi connectivity index (χ0v) is 11.0. The Kier molecular flexibility index (Phi) is 5.91. The zero-order valence-electron chi connectivity index (χ0n) is 11.0.